The molecular formula is C25H27Cl2FN2O4S. The lowest BCUT2D eigenvalue weighted by atomic mass is 9.91. The first-order valence-corrected chi connectivity index (χ1v) is 13.5. The molecule has 35 heavy (non-hydrogen) atoms. The summed E-state index contributed by atoms with van der Waals surface area (Å²) in [6.07, 6.45) is 0.716. The Labute approximate surface area is 215 Å². The van der Waals surface area contributed by atoms with Crippen LogP contribution in [0.15, 0.2) is 66.7 Å². The van der Waals surface area contributed by atoms with Crippen LogP contribution in [0.25, 0.3) is 0 Å². The molecule has 0 saturated carbocycles. The maximum Gasteiger partial charge on any atom is 0.229 e. The van der Waals surface area contributed by atoms with Crippen molar-refractivity contribution in [1.29, 1.82) is 0 Å². The number of hydrogen-bond acceptors (Lipinski definition) is 5. The number of benzene rings is 3. The van der Waals surface area contributed by atoms with Gasteiger partial charge in [0.2, 0.25) is 10.0 Å². The number of aliphatic hydroxyl groups excluding tert-OH is 1. The highest BCUT2D eigenvalue weighted by atomic mass is 35.5. The summed E-state index contributed by atoms with van der Waals surface area (Å²) >= 11 is 12.3. The predicted molar refractivity (Wildman–Crippen MR) is 139 cm³/mol. The van der Waals surface area contributed by atoms with Crippen molar-refractivity contribution in [1.82, 2.24) is 5.32 Å². The summed E-state index contributed by atoms with van der Waals surface area (Å²) in [5.74, 6) is 0.116. The highest BCUT2D eigenvalue weighted by molar-refractivity contribution is 7.92. The van der Waals surface area contributed by atoms with Gasteiger partial charge in [0.1, 0.15) is 24.3 Å². The quantitative estimate of drug-likeness (QED) is 0.305. The molecule has 0 aliphatic rings. The van der Waals surface area contributed by atoms with E-state index in [9.17, 15) is 17.9 Å². The van der Waals surface area contributed by atoms with E-state index in [4.69, 9.17) is 27.9 Å². The molecule has 0 radical (unpaired) electrons. The first-order valence-electron chi connectivity index (χ1n) is 10.9. The van der Waals surface area contributed by atoms with E-state index < -0.39 is 16.1 Å². The van der Waals surface area contributed by atoms with Crippen molar-refractivity contribution < 1.29 is 22.7 Å². The van der Waals surface area contributed by atoms with Crippen LogP contribution in [0.1, 0.15) is 17.0 Å². The molecule has 0 aliphatic carbocycles. The van der Waals surface area contributed by atoms with Crippen LogP contribution in [-0.2, 0) is 16.4 Å². The Morgan fingerprint density at radius 2 is 1.71 bits per heavy atom. The first kappa shape index (κ1) is 27.2. The Balaban J connectivity index is 1.55. The fourth-order valence-corrected chi connectivity index (χ4v) is 4.38. The van der Waals surface area contributed by atoms with Crippen molar-refractivity contribution in [2.24, 2.45) is 0 Å². The average molecular weight is 541 g/mol. The van der Waals surface area contributed by atoms with Gasteiger partial charge in [-0.05, 0) is 60.0 Å². The number of rotatable bonds is 12. The van der Waals surface area contributed by atoms with Gasteiger partial charge in [-0.15, -0.1) is 0 Å². The lowest BCUT2D eigenvalue weighted by molar-refractivity contribution is 0.106. The lowest BCUT2D eigenvalue weighted by Gasteiger charge is -2.21. The summed E-state index contributed by atoms with van der Waals surface area (Å²) in [5.41, 5.74) is 1.91. The van der Waals surface area contributed by atoms with Crippen LogP contribution in [-0.4, -0.2) is 45.6 Å². The zero-order chi connectivity index (χ0) is 25.4. The van der Waals surface area contributed by atoms with Gasteiger partial charge in [-0.2, -0.15) is 0 Å². The van der Waals surface area contributed by atoms with Gasteiger partial charge in [-0.3, -0.25) is 4.72 Å². The molecule has 0 fully saturated rings. The molecule has 0 bridgehead atoms. The highest BCUT2D eigenvalue weighted by Crippen LogP contribution is 2.29. The molecule has 2 atom stereocenters. The molecule has 3 aromatic rings. The lowest BCUT2D eigenvalue weighted by Crippen LogP contribution is -2.34. The third kappa shape index (κ3) is 8.98. The molecule has 3 aromatic carbocycles. The molecule has 1 unspecified atom stereocenters. The summed E-state index contributed by atoms with van der Waals surface area (Å²) < 4.78 is 44.8. The Morgan fingerprint density at radius 3 is 2.37 bits per heavy atom. The smallest absolute Gasteiger partial charge is 0.229 e. The van der Waals surface area contributed by atoms with Crippen molar-refractivity contribution in [3.05, 3.63) is 93.7 Å². The number of halogens is 3. The second-order valence-corrected chi connectivity index (χ2v) is 10.8. The van der Waals surface area contributed by atoms with Gasteiger partial charge in [0, 0.05) is 24.7 Å². The predicted octanol–water partition coefficient (Wildman–Crippen LogP) is 4.86. The van der Waals surface area contributed by atoms with Crippen molar-refractivity contribution in [2.75, 3.05) is 30.7 Å². The minimum atomic E-state index is -3.35. The minimum absolute atomic E-state index is 0.0383. The van der Waals surface area contributed by atoms with E-state index in [-0.39, 0.29) is 24.9 Å². The standard InChI is InChI=1S/C25H27Cl2FN2O4S/c1-35(32,33)30-20-7-9-22(10-8-20)34-16-21(31)15-29-14-19(12-18-4-2-3-5-25(18)28)17-6-11-23(26)24(27)13-17/h2-11,13,19,21,29-31H,12,14-16H2,1H3/t19?,21-/m0/s1. The number of sulfonamides is 1. The summed E-state index contributed by atoms with van der Waals surface area (Å²) in [4.78, 5) is 0. The molecule has 0 spiro atoms. The number of nitrogens with one attached hydrogen (secondary N) is 2. The molecular weight excluding hydrogens is 514 g/mol. The van der Waals surface area contributed by atoms with Crippen LogP contribution >= 0.6 is 23.2 Å². The van der Waals surface area contributed by atoms with E-state index in [1.165, 1.54) is 6.07 Å². The van der Waals surface area contributed by atoms with Crippen LogP contribution in [0, 0.1) is 5.82 Å². The van der Waals surface area contributed by atoms with E-state index in [0.29, 0.717) is 40.0 Å². The average Bonchev–Trinajstić information content (AvgIpc) is 2.80. The van der Waals surface area contributed by atoms with Gasteiger partial charge in [0.05, 0.1) is 16.3 Å². The van der Waals surface area contributed by atoms with E-state index in [1.807, 2.05) is 6.07 Å². The molecule has 0 saturated heterocycles. The number of aliphatic hydroxyl groups is 1. The second kappa shape index (κ2) is 12.6. The van der Waals surface area contributed by atoms with E-state index >= 15 is 0 Å². The SMILES string of the molecule is CS(=O)(=O)Nc1ccc(OC[C@@H](O)CNCC(Cc2ccccc2F)c2ccc(Cl)c(Cl)c2)cc1. The van der Waals surface area contributed by atoms with Crippen LogP contribution in [0.4, 0.5) is 10.1 Å². The maximum absolute atomic E-state index is 14.3. The van der Waals surface area contributed by atoms with E-state index in [2.05, 4.69) is 10.0 Å². The Bertz CT molecular complexity index is 1230. The number of anilines is 1. The van der Waals surface area contributed by atoms with Gasteiger partial charge in [0.25, 0.3) is 0 Å². The maximum atomic E-state index is 14.3. The van der Waals surface area contributed by atoms with Crippen LogP contribution in [0.5, 0.6) is 5.75 Å². The third-order valence-electron chi connectivity index (χ3n) is 5.21. The third-order valence-corrected chi connectivity index (χ3v) is 6.56. The Hall–Kier alpha value is -2.36. The fourth-order valence-electron chi connectivity index (χ4n) is 3.51. The molecule has 0 amide bonds. The van der Waals surface area contributed by atoms with Crippen molar-refractivity contribution in [3.63, 3.8) is 0 Å². The molecule has 3 N–H and O–H groups in total. The van der Waals surface area contributed by atoms with Crippen molar-refractivity contribution in [2.45, 2.75) is 18.4 Å². The normalized spacial score (nSPS) is 13.3. The molecule has 0 aromatic heterocycles. The molecule has 0 heterocycles. The Kier molecular flexibility index (Phi) is 9.77. The largest absolute Gasteiger partial charge is 0.491 e. The first-order chi connectivity index (χ1) is 16.6. The molecule has 3 rings (SSSR count). The van der Waals surface area contributed by atoms with Crippen LogP contribution in [0.3, 0.4) is 0 Å². The highest BCUT2D eigenvalue weighted by Gasteiger charge is 2.17. The van der Waals surface area contributed by atoms with Crippen molar-refractivity contribution >= 4 is 38.9 Å². The van der Waals surface area contributed by atoms with Crippen LogP contribution in [0.2, 0.25) is 10.0 Å². The number of ether oxygens (including phenoxy) is 1. The Morgan fingerprint density at radius 1 is 1.00 bits per heavy atom. The summed E-state index contributed by atoms with van der Waals surface area (Å²) in [6.45, 7) is 0.759. The van der Waals surface area contributed by atoms with Gasteiger partial charge in [-0.1, -0.05) is 47.5 Å². The van der Waals surface area contributed by atoms with Gasteiger partial charge in [0.15, 0.2) is 0 Å². The fraction of sp³-hybridized carbons (Fsp3) is 0.280. The van der Waals surface area contributed by atoms with Gasteiger partial charge < -0.3 is 15.2 Å². The van der Waals surface area contributed by atoms with Crippen LogP contribution < -0.4 is 14.8 Å². The van der Waals surface area contributed by atoms with E-state index in [1.54, 1.807) is 54.6 Å². The summed E-state index contributed by atoms with van der Waals surface area (Å²) in [6, 6.07) is 18.4. The number of hydrogen-bond donors (Lipinski definition) is 3. The van der Waals surface area contributed by atoms with Gasteiger partial charge >= 0.3 is 0 Å². The van der Waals surface area contributed by atoms with E-state index in [0.717, 1.165) is 11.8 Å². The topological polar surface area (TPSA) is 87.7 Å². The summed E-state index contributed by atoms with van der Waals surface area (Å²) in [7, 11) is -3.35. The molecule has 6 nitrogen and oxygen atoms in total. The molecule has 188 valence electrons. The minimum Gasteiger partial charge on any atom is -0.491 e. The molecule has 10 heteroatoms. The monoisotopic (exact) mass is 540 g/mol. The van der Waals surface area contributed by atoms with Crippen molar-refractivity contribution in [3.8, 4) is 5.75 Å². The zero-order valence-corrected chi connectivity index (χ0v) is 21.4. The molecule has 0 aliphatic heterocycles. The summed E-state index contributed by atoms with van der Waals surface area (Å²) in [5, 5.41) is 14.4. The van der Waals surface area contributed by atoms with Gasteiger partial charge in [-0.25, -0.2) is 12.8 Å². The zero-order valence-electron chi connectivity index (χ0n) is 19.0. The second-order valence-electron chi connectivity index (χ2n) is 8.19.